The van der Waals surface area contributed by atoms with E-state index in [1.54, 1.807) is 4.90 Å². The fraction of sp³-hybridized carbons (Fsp3) is 0.500. The van der Waals surface area contributed by atoms with Gasteiger partial charge in [0.1, 0.15) is 0 Å². The number of nitrogens with zero attached hydrogens (tertiary/aromatic N) is 1. The van der Waals surface area contributed by atoms with Gasteiger partial charge in [-0.05, 0) is 6.08 Å². The van der Waals surface area contributed by atoms with Crippen molar-refractivity contribution in [3.63, 3.8) is 0 Å². The molecule has 0 radical (unpaired) electrons. The van der Waals surface area contributed by atoms with Crippen LogP contribution in [0.3, 0.4) is 0 Å². The Hall–Kier alpha value is -1.66. The summed E-state index contributed by atoms with van der Waals surface area (Å²) in [6.45, 7) is 9.35. The van der Waals surface area contributed by atoms with Crippen molar-refractivity contribution < 1.29 is 19.4 Å². The molecule has 1 aliphatic rings. The fourth-order valence-corrected chi connectivity index (χ4v) is 1.17. The molecule has 6 nitrogen and oxygen atoms in total. The van der Waals surface area contributed by atoms with Crippen molar-refractivity contribution in [2.75, 3.05) is 32.9 Å². The highest BCUT2D eigenvalue weighted by molar-refractivity contribution is 5.91. The molecule has 0 spiro atoms. The van der Waals surface area contributed by atoms with Gasteiger partial charge in [-0.3, -0.25) is 9.59 Å². The van der Waals surface area contributed by atoms with E-state index in [0.29, 0.717) is 26.3 Å². The lowest BCUT2D eigenvalue weighted by Gasteiger charge is -2.25. The second kappa shape index (κ2) is 9.38. The molecule has 2 amide bonds. The first kappa shape index (κ1) is 16.3. The van der Waals surface area contributed by atoms with Crippen LogP contribution in [0.5, 0.6) is 0 Å². The third kappa shape index (κ3) is 6.82. The molecule has 0 unspecified atom stereocenters. The Morgan fingerprint density at radius 3 is 2.28 bits per heavy atom. The van der Waals surface area contributed by atoms with E-state index in [9.17, 15) is 9.59 Å². The summed E-state index contributed by atoms with van der Waals surface area (Å²) in [7, 11) is 0. The molecular formula is C12H20N2O4. The first-order valence-corrected chi connectivity index (χ1v) is 5.60. The summed E-state index contributed by atoms with van der Waals surface area (Å²) >= 11 is 0. The number of aliphatic hydroxyl groups is 1. The van der Waals surface area contributed by atoms with Crippen LogP contribution < -0.4 is 5.73 Å². The zero-order valence-corrected chi connectivity index (χ0v) is 10.4. The van der Waals surface area contributed by atoms with Crippen LogP contribution in [0.2, 0.25) is 0 Å². The normalized spacial score (nSPS) is 14.2. The average Bonchev–Trinajstić information content (AvgIpc) is 2.39. The van der Waals surface area contributed by atoms with Crippen LogP contribution in [0.15, 0.2) is 24.8 Å². The van der Waals surface area contributed by atoms with E-state index < -0.39 is 5.91 Å². The predicted octanol–water partition coefficient (Wildman–Crippen LogP) is -0.558. The number of ether oxygens (including phenoxy) is 1. The highest BCUT2D eigenvalue weighted by atomic mass is 16.5. The first-order valence-electron chi connectivity index (χ1n) is 5.60. The van der Waals surface area contributed by atoms with Crippen molar-refractivity contribution >= 4 is 11.8 Å². The van der Waals surface area contributed by atoms with Crippen LogP contribution in [0.1, 0.15) is 6.42 Å². The van der Waals surface area contributed by atoms with Crippen molar-refractivity contribution in [3.8, 4) is 0 Å². The summed E-state index contributed by atoms with van der Waals surface area (Å²) in [5.74, 6) is -0.539. The molecule has 0 aromatic carbocycles. The molecule has 6 heteroatoms. The zero-order chi connectivity index (χ0) is 14.0. The molecule has 102 valence electrons. The number of rotatable bonds is 4. The number of amides is 2. The van der Waals surface area contributed by atoms with E-state index in [4.69, 9.17) is 15.6 Å². The summed E-state index contributed by atoms with van der Waals surface area (Å²) < 4.78 is 5.07. The minimum Gasteiger partial charge on any atom is -0.396 e. The smallest absolute Gasteiger partial charge is 0.246 e. The predicted molar refractivity (Wildman–Crippen MR) is 67.6 cm³/mol. The molecule has 0 atom stereocenters. The van der Waals surface area contributed by atoms with Gasteiger partial charge in [0.25, 0.3) is 0 Å². The number of nitrogens with two attached hydrogens (primary N) is 1. The standard InChI is InChI=1S/C7H11NO2.C5H9NO2/c1-2-7(9)8-3-5-10-6-4-8;1-4(2-3-7)5(6)8/h2H,1,3-6H2;7H,1-3H2,(H2,6,8). The third-order valence-electron chi connectivity index (χ3n) is 2.26. The highest BCUT2D eigenvalue weighted by Crippen LogP contribution is 1.96. The van der Waals surface area contributed by atoms with E-state index >= 15 is 0 Å². The van der Waals surface area contributed by atoms with Crippen LogP contribution >= 0.6 is 0 Å². The van der Waals surface area contributed by atoms with Gasteiger partial charge >= 0.3 is 0 Å². The molecule has 3 N–H and O–H groups in total. The van der Waals surface area contributed by atoms with Crippen molar-refractivity contribution in [1.82, 2.24) is 4.90 Å². The SMILES string of the molecule is C=C(CCO)C(N)=O.C=CC(=O)N1CCOCC1. The number of hydrogen-bond donors (Lipinski definition) is 2. The van der Waals surface area contributed by atoms with Crippen LogP contribution in [0.4, 0.5) is 0 Å². The van der Waals surface area contributed by atoms with Crippen LogP contribution in [-0.2, 0) is 14.3 Å². The second-order valence-electron chi connectivity index (χ2n) is 3.58. The lowest BCUT2D eigenvalue weighted by Crippen LogP contribution is -2.39. The monoisotopic (exact) mass is 256 g/mol. The Bertz CT molecular complexity index is 309. The molecule has 1 fully saturated rings. The van der Waals surface area contributed by atoms with Gasteiger partial charge in [0.2, 0.25) is 11.8 Å². The maximum absolute atomic E-state index is 10.9. The number of carbonyl (C=O) groups is 2. The molecule has 0 aromatic heterocycles. The fourth-order valence-electron chi connectivity index (χ4n) is 1.17. The van der Waals surface area contributed by atoms with Gasteiger partial charge in [-0.2, -0.15) is 0 Å². The Labute approximate surface area is 107 Å². The highest BCUT2D eigenvalue weighted by Gasteiger charge is 2.12. The lowest BCUT2D eigenvalue weighted by atomic mass is 10.2. The van der Waals surface area contributed by atoms with Gasteiger partial charge in [-0.1, -0.05) is 13.2 Å². The summed E-state index contributed by atoms with van der Waals surface area (Å²) in [5.41, 5.74) is 5.04. The molecule has 18 heavy (non-hydrogen) atoms. The van der Waals surface area contributed by atoms with Crippen molar-refractivity contribution in [2.45, 2.75) is 6.42 Å². The van der Waals surface area contributed by atoms with Crippen LogP contribution in [0, 0.1) is 0 Å². The van der Waals surface area contributed by atoms with Crippen LogP contribution in [-0.4, -0.2) is 54.7 Å². The van der Waals surface area contributed by atoms with Crippen molar-refractivity contribution in [2.24, 2.45) is 5.73 Å². The average molecular weight is 256 g/mol. The molecule has 1 rings (SSSR count). The Morgan fingerprint density at radius 1 is 1.39 bits per heavy atom. The summed E-state index contributed by atoms with van der Waals surface area (Å²) in [6, 6.07) is 0. The molecule has 0 aliphatic carbocycles. The maximum Gasteiger partial charge on any atom is 0.246 e. The first-order chi connectivity index (χ1) is 8.52. The molecule has 1 heterocycles. The van der Waals surface area contributed by atoms with Gasteiger partial charge in [0.15, 0.2) is 0 Å². The van der Waals surface area contributed by atoms with Gasteiger partial charge in [0, 0.05) is 31.7 Å². The van der Waals surface area contributed by atoms with Crippen molar-refractivity contribution in [1.29, 1.82) is 0 Å². The molecule has 0 aromatic rings. The van der Waals surface area contributed by atoms with Gasteiger partial charge in [0.05, 0.1) is 13.2 Å². The largest absolute Gasteiger partial charge is 0.396 e. The molecular weight excluding hydrogens is 236 g/mol. The maximum atomic E-state index is 10.9. The van der Waals surface area contributed by atoms with E-state index in [1.807, 2.05) is 0 Å². The van der Waals surface area contributed by atoms with Crippen molar-refractivity contribution in [3.05, 3.63) is 24.8 Å². The van der Waals surface area contributed by atoms with E-state index in [0.717, 1.165) is 0 Å². The quantitative estimate of drug-likeness (QED) is 0.659. The number of hydrogen-bond acceptors (Lipinski definition) is 4. The van der Waals surface area contributed by atoms with E-state index in [2.05, 4.69) is 13.2 Å². The van der Waals surface area contributed by atoms with Crippen LogP contribution in [0.25, 0.3) is 0 Å². The third-order valence-corrected chi connectivity index (χ3v) is 2.26. The topological polar surface area (TPSA) is 92.9 Å². The Morgan fingerprint density at radius 2 is 1.94 bits per heavy atom. The Kier molecular flexibility index (Phi) is 8.51. The number of carbonyl (C=O) groups excluding carboxylic acids is 2. The number of aliphatic hydroxyl groups excluding tert-OH is 1. The summed E-state index contributed by atoms with van der Waals surface area (Å²) in [6.07, 6.45) is 1.61. The summed E-state index contributed by atoms with van der Waals surface area (Å²) in [5, 5.41) is 8.22. The molecule has 0 bridgehead atoms. The number of primary amides is 1. The lowest BCUT2D eigenvalue weighted by molar-refractivity contribution is -0.129. The molecule has 0 saturated carbocycles. The van der Waals surface area contributed by atoms with E-state index in [1.165, 1.54) is 6.08 Å². The minimum atomic E-state index is -0.543. The minimum absolute atomic E-state index is 0.00306. The molecule has 1 saturated heterocycles. The van der Waals surface area contributed by atoms with Gasteiger partial charge in [-0.15, -0.1) is 0 Å². The second-order valence-corrected chi connectivity index (χ2v) is 3.58. The molecule has 1 aliphatic heterocycles. The van der Waals surface area contributed by atoms with Gasteiger partial charge in [-0.25, -0.2) is 0 Å². The zero-order valence-electron chi connectivity index (χ0n) is 10.4. The number of morpholine rings is 1. The van der Waals surface area contributed by atoms with Gasteiger partial charge < -0.3 is 20.5 Å². The summed E-state index contributed by atoms with van der Waals surface area (Å²) in [4.78, 5) is 22.8. The Balaban J connectivity index is 0.000000331. The van der Waals surface area contributed by atoms with E-state index in [-0.39, 0.29) is 24.5 Å².